The van der Waals surface area contributed by atoms with Crippen molar-refractivity contribution in [3.63, 3.8) is 0 Å². The van der Waals surface area contributed by atoms with E-state index in [9.17, 15) is 4.79 Å². The largest absolute Gasteiger partial charge is 0.295 e. The Kier molecular flexibility index (Phi) is 6.36. The second-order valence-corrected chi connectivity index (χ2v) is 5.61. The normalized spacial score (nSPS) is 12.9. The summed E-state index contributed by atoms with van der Waals surface area (Å²) < 4.78 is 0. The number of Topliss-reactive ketones (excluding diaryl/α,β-unsaturated/α-hetero) is 1. The molecule has 0 saturated carbocycles. The Bertz CT molecular complexity index is 514. The maximum absolute atomic E-state index is 12.1. The molecule has 0 amide bonds. The number of ketones is 1. The van der Waals surface area contributed by atoms with Crippen LogP contribution < -0.4 is 0 Å². The number of aliphatic imine (C=N–C) groups is 1. The predicted molar refractivity (Wildman–Crippen MR) is 83.2 cm³/mol. The summed E-state index contributed by atoms with van der Waals surface area (Å²) >= 11 is 4.56. The molecule has 4 nitrogen and oxygen atoms in total. The summed E-state index contributed by atoms with van der Waals surface area (Å²) in [5.74, 6) is -0.0980. The Morgan fingerprint density at radius 2 is 1.95 bits per heavy atom. The maximum atomic E-state index is 12.1. The van der Waals surface area contributed by atoms with Crippen LogP contribution in [0.25, 0.3) is 0 Å². The van der Waals surface area contributed by atoms with Gasteiger partial charge in [-0.15, -0.1) is 0 Å². The van der Waals surface area contributed by atoms with Gasteiger partial charge in [0.15, 0.2) is 5.78 Å². The van der Waals surface area contributed by atoms with Gasteiger partial charge in [-0.25, -0.2) is 0 Å². The number of azo groups is 1. The van der Waals surface area contributed by atoms with E-state index in [0.717, 1.165) is 5.56 Å². The van der Waals surface area contributed by atoms with Gasteiger partial charge in [-0.3, -0.25) is 4.79 Å². The zero-order chi connectivity index (χ0) is 15.0. The lowest BCUT2D eigenvalue weighted by Crippen LogP contribution is -2.18. The monoisotopic (exact) mass is 289 g/mol. The van der Waals surface area contributed by atoms with Gasteiger partial charge < -0.3 is 0 Å². The van der Waals surface area contributed by atoms with Crippen LogP contribution >= 0.6 is 12.2 Å². The standard InChI is InChI=1S/C15H19N3OS/c1-15(2,3)18-17-14(16-11-20)13(19)10-9-12-7-5-4-6-8-12/h4-8,14H,9-10H2,1-3H3. The fraction of sp³-hybridized carbons (Fsp3) is 0.467. The molecule has 1 rings (SSSR count). The highest BCUT2D eigenvalue weighted by Crippen LogP contribution is 2.11. The minimum atomic E-state index is -0.865. The van der Waals surface area contributed by atoms with E-state index in [4.69, 9.17) is 0 Å². The highest BCUT2D eigenvalue weighted by Gasteiger charge is 2.17. The van der Waals surface area contributed by atoms with Crippen molar-refractivity contribution in [3.05, 3.63) is 35.9 Å². The fourth-order valence-electron chi connectivity index (χ4n) is 1.48. The van der Waals surface area contributed by atoms with E-state index < -0.39 is 6.17 Å². The van der Waals surface area contributed by atoms with Crippen LogP contribution in [0.5, 0.6) is 0 Å². The molecule has 0 heterocycles. The number of hydrogen-bond donors (Lipinski definition) is 0. The van der Waals surface area contributed by atoms with E-state index in [2.05, 4.69) is 32.6 Å². The van der Waals surface area contributed by atoms with Gasteiger partial charge in [-0.2, -0.15) is 15.2 Å². The SMILES string of the molecule is CC(C)(C)N=NC(N=C=S)C(=O)CCc1ccccc1. The predicted octanol–water partition coefficient (Wildman–Crippen LogP) is 3.87. The molecule has 0 N–H and O–H groups in total. The van der Waals surface area contributed by atoms with Crippen molar-refractivity contribution in [1.29, 1.82) is 0 Å². The third-order valence-electron chi connectivity index (χ3n) is 2.43. The zero-order valence-corrected chi connectivity index (χ0v) is 12.9. The van der Waals surface area contributed by atoms with E-state index in [1.165, 1.54) is 0 Å². The van der Waals surface area contributed by atoms with Crippen LogP contribution in [0.1, 0.15) is 32.8 Å². The molecule has 0 spiro atoms. The topological polar surface area (TPSA) is 54.1 Å². The molecule has 5 heteroatoms. The number of thiocarbonyl (C=S) groups is 1. The molecule has 0 saturated heterocycles. The Morgan fingerprint density at radius 1 is 1.30 bits per heavy atom. The lowest BCUT2D eigenvalue weighted by Gasteiger charge is -2.11. The first kappa shape index (κ1) is 16.3. The highest BCUT2D eigenvalue weighted by atomic mass is 32.1. The third-order valence-corrected chi connectivity index (χ3v) is 2.54. The summed E-state index contributed by atoms with van der Waals surface area (Å²) in [6, 6.07) is 9.82. The van der Waals surface area contributed by atoms with Gasteiger partial charge in [0.2, 0.25) is 6.17 Å². The van der Waals surface area contributed by atoms with Gasteiger partial charge in [-0.1, -0.05) is 30.3 Å². The molecule has 0 aliphatic heterocycles. The van der Waals surface area contributed by atoms with Crippen LogP contribution in [0, 0.1) is 0 Å². The molecule has 20 heavy (non-hydrogen) atoms. The van der Waals surface area contributed by atoms with E-state index in [1.54, 1.807) is 0 Å². The van der Waals surface area contributed by atoms with Crippen molar-refractivity contribution >= 4 is 23.2 Å². The second kappa shape index (κ2) is 7.78. The lowest BCUT2D eigenvalue weighted by molar-refractivity contribution is -0.120. The summed E-state index contributed by atoms with van der Waals surface area (Å²) in [7, 11) is 0. The smallest absolute Gasteiger partial charge is 0.227 e. The number of carbonyl (C=O) groups is 1. The van der Waals surface area contributed by atoms with Gasteiger partial charge >= 0.3 is 0 Å². The average Bonchev–Trinajstić information content (AvgIpc) is 2.41. The first-order chi connectivity index (χ1) is 9.42. The number of hydrogen-bond acceptors (Lipinski definition) is 5. The Balaban J connectivity index is 2.65. The van der Waals surface area contributed by atoms with Crippen LogP contribution in [-0.2, 0) is 11.2 Å². The molecule has 0 aliphatic rings. The first-order valence-electron chi connectivity index (χ1n) is 6.48. The van der Waals surface area contributed by atoms with Crippen LogP contribution in [0.2, 0.25) is 0 Å². The summed E-state index contributed by atoms with van der Waals surface area (Å²) in [6.07, 6.45) is 0.155. The maximum Gasteiger partial charge on any atom is 0.227 e. The zero-order valence-electron chi connectivity index (χ0n) is 12.0. The third kappa shape index (κ3) is 6.45. The Hall–Kier alpha value is -1.71. The van der Waals surface area contributed by atoms with Crippen LogP contribution in [-0.4, -0.2) is 22.6 Å². The molecular weight excluding hydrogens is 270 g/mol. The molecule has 106 valence electrons. The highest BCUT2D eigenvalue weighted by molar-refractivity contribution is 7.78. The molecule has 1 unspecified atom stereocenters. The molecule has 0 aliphatic carbocycles. The van der Waals surface area contributed by atoms with Gasteiger partial charge in [0.05, 0.1) is 10.7 Å². The van der Waals surface area contributed by atoms with E-state index >= 15 is 0 Å². The number of benzene rings is 1. The number of rotatable bonds is 6. The van der Waals surface area contributed by atoms with Crippen molar-refractivity contribution in [2.45, 2.75) is 45.3 Å². The van der Waals surface area contributed by atoms with Crippen molar-refractivity contribution in [1.82, 2.24) is 0 Å². The van der Waals surface area contributed by atoms with Gasteiger partial charge in [-0.05, 0) is 45.0 Å². The van der Waals surface area contributed by atoms with Crippen LogP contribution in [0.3, 0.4) is 0 Å². The molecular formula is C15H19N3OS. The number of isothiocyanates is 1. The average molecular weight is 289 g/mol. The summed E-state index contributed by atoms with van der Waals surface area (Å²) in [5.41, 5.74) is 0.772. The quantitative estimate of drug-likeness (QED) is 0.453. The van der Waals surface area contributed by atoms with Gasteiger partial charge in [0, 0.05) is 6.42 Å². The minimum absolute atomic E-state index is 0.0980. The molecule has 1 aromatic carbocycles. The Morgan fingerprint density at radius 3 is 2.50 bits per heavy atom. The second-order valence-electron chi connectivity index (χ2n) is 5.43. The molecule has 0 fully saturated rings. The van der Waals surface area contributed by atoms with Crippen molar-refractivity contribution in [3.8, 4) is 0 Å². The van der Waals surface area contributed by atoms with Gasteiger partial charge in [0.25, 0.3) is 0 Å². The minimum Gasteiger partial charge on any atom is -0.295 e. The van der Waals surface area contributed by atoms with E-state index in [1.807, 2.05) is 51.1 Å². The molecule has 0 radical (unpaired) electrons. The van der Waals surface area contributed by atoms with Crippen molar-refractivity contribution in [2.75, 3.05) is 0 Å². The number of carbonyl (C=O) groups excluding carboxylic acids is 1. The number of aryl methyl sites for hydroxylation is 1. The van der Waals surface area contributed by atoms with Crippen molar-refractivity contribution in [2.24, 2.45) is 15.2 Å². The van der Waals surface area contributed by atoms with E-state index in [0.29, 0.717) is 12.8 Å². The van der Waals surface area contributed by atoms with E-state index in [-0.39, 0.29) is 11.3 Å². The molecule has 1 atom stereocenters. The van der Waals surface area contributed by atoms with Crippen molar-refractivity contribution < 1.29 is 4.79 Å². The molecule has 1 aromatic rings. The summed E-state index contributed by atoms with van der Waals surface area (Å²) in [4.78, 5) is 15.9. The van der Waals surface area contributed by atoms with Crippen LogP contribution in [0.15, 0.2) is 45.6 Å². The fourth-order valence-corrected chi connectivity index (χ4v) is 1.58. The summed E-state index contributed by atoms with van der Waals surface area (Å²) in [6.45, 7) is 5.72. The molecule has 0 aromatic heterocycles. The number of nitrogens with zero attached hydrogens (tertiary/aromatic N) is 3. The lowest BCUT2D eigenvalue weighted by atomic mass is 10.1. The Labute approximate surface area is 125 Å². The van der Waals surface area contributed by atoms with Crippen LogP contribution in [0.4, 0.5) is 0 Å². The summed E-state index contributed by atoms with van der Waals surface area (Å²) in [5, 5.41) is 10.3. The first-order valence-corrected chi connectivity index (χ1v) is 6.89. The van der Waals surface area contributed by atoms with Gasteiger partial charge in [0.1, 0.15) is 0 Å². The molecule has 0 bridgehead atoms.